The number of aromatic nitrogens is 3. The lowest BCUT2D eigenvalue weighted by Crippen LogP contribution is -2.49. The molecular formula is C16H26FN5O2. The standard InChI is InChI=1S/C16H26FN5O2/c1-16(2,3)22-11-13(18-19-22)10-21-9-12(17)8-14(21)15(23)20-4-6-24-7-5-20/h11-12,14H,4-10H2,1-3H3/t12-,14+/m1/s1. The van der Waals surface area contributed by atoms with E-state index in [9.17, 15) is 9.18 Å². The van der Waals surface area contributed by atoms with Crippen molar-refractivity contribution < 1.29 is 13.9 Å². The van der Waals surface area contributed by atoms with Crippen molar-refractivity contribution in [3.8, 4) is 0 Å². The molecule has 0 spiro atoms. The number of morpholine rings is 1. The summed E-state index contributed by atoms with van der Waals surface area (Å²) >= 11 is 0. The van der Waals surface area contributed by atoms with Crippen LogP contribution in [0.5, 0.6) is 0 Å². The molecule has 134 valence electrons. The molecule has 1 amide bonds. The molecule has 0 aliphatic carbocycles. The van der Waals surface area contributed by atoms with E-state index < -0.39 is 12.2 Å². The predicted molar refractivity (Wildman–Crippen MR) is 86.1 cm³/mol. The smallest absolute Gasteiger partial charge is 0.240 e. The van der Waals surface area contributed by atoms with Crippen LogP contribution in [0.15, 0.2) is 6.20 Å². The highest BCUT2D eigenvalue weighted by molar-refractivity contribution is 5.82. The van der Waals surface area contributed by atoms with E-state index in [1.165, 1.54) is 0 Å². The minimum absolute atomic E-state index is 0.00154. The van der Waals surface area contributed by atoms with Gasteiger partial charge in [0.1, 0.15) is 6.17 Å². The fourth-order valence-corrected chi connectivity index (χ4v) is 3.18. The molecule has 3 heterocycles. The van der Waals surface area contributed by atoms with Gasteiger partial charge in [-0.05, 0) is 20.8 Å². The molecule has 2 aliphatic rings. The van der Waals surface area contributed by atoms with E-state index in [4.69, 9.17) is 4.74 Å². The van der Waals surface area contributed by atoms with E-state index in [0.29, 0.717) is 32.8 Å². The molecule has 0 N–H and O–H groups in total. The summed E-state index contributed by atoms with van der Waals surface area (Å²) in [4.78, 5) is 16.4. The van der Waals surface area contributed by atoms with Gasteiger partial charge in [-0.2, -0.15) is 0 Å². The van der Waals surface area contributed by atoms with Crippen LogP contribution in [0.2, 0.25) is 0 Å². The van der Waals surface area contributed by atoms with Crippen molar-refractivity contribution in [1.29, 1.82) is 0 Å². The number of rotatable bonds is 3. The molecule has 8 heteroatoms. The van der Waals surface area contributed by atoms with E-state index in [1.54, 1.807) is 9.58 Å². The molecule has 2 atom stereocenters. The van der Waals surface area contributed by atoms with E-state index in [1.807, 2.05) is 31.9 Å². The summed E-state index contributed by atoms with van der Waals surface area (Å²) in [6, 6.07) is -0.419. The van der Waals surface area contributed by atoms with E-state index in [-0.39, 0.29) is 24.4 Å². The van der Waals surface area contributed by atoms with Crippen molar-refractivity contribution in [3.63, 3.8) is 0 Å². The number of ether oxygens (including phenoxy) is 1. The van der Waals surface area contributed by atoms with Gasteiger partial charge in [0.15, 0.2) is 0 Å². The Morgan fingerprint density at radius 1 is 1.38 bits per heavy atom. The SMILES string of the molecule is CC(C)(C)n1cc(CN2C[C@H](F)C[C@H]2C(=O)N2CCOCC2)nn1. The zero-order chi connectivity index (χ0) is 17.3. The highest BCUT2D eigenvalue weighted by Gasteiger charge is 2.39. The number of halogens is 1. The van der Waals surface area contributed by atoms with Crippen molar-refractivity contribution in [2.24, 2.45) is 0 Å². The van der Waals surface area contributed by atoms with Crippen molar-refractivity contribution in [3.05, 3.63) is 11.9 Å². The minimum Gasteiger partial charge on any atom is -0.378 e. The Kier molecular flexibility index (Phi) is 4.87. The van der Waals surface area contributed by atoms with Gasteiger partial charge in [0, 0.05) is 32.6 Å². The number of nitrogens with zero attached hydrogens (tertiary/aromatic N) is 5. The Labute approximate surface area is 141 Å². The molecule has 0 aromatic carbocycles. The third-order valence-electron chi connectivity index (χ3n) is 4.55. The summed E-state index contributed by atoms with van der Waals surface area (Å²) < 4.78 is 21.1. The van der Waals surface area contributed by atoms with Crippen LogP contribution in [0.1, 0.15) is 32.9 Å². The van der Waals surface area contributed by atoms with Gasteiger partial charge in [-0.15, -0.1) is 5.10 Å². The van der Waals surface area contributed by atoms with E-state index in [2.05, 4.69) is 10.3 Å². The summed E-state index contributed by atoms with van der Waals surface area (Å²) in [6.45, 7) is 9.12. The third kappa shape index (κ3) is 3.75. The quantitative estimate of drug-likeness (QED) is 0.815. The number of carbonyl (C=O) groups excluding carboxylic acids is 1. The summed E-state index contributed by atoms with van der Waals surface area (Å²) in [5.74, 6) is 0.00154. The Morgan fingerprint density at radius 3 is 2.71 bits per heavy atom. The second-order valence-corrected chi connectivity index (χ2v) is 7.54. The molecule has 0 radical (unpaired) electrons. The van der Waals surface area contributed by atoms with Crippen LogP contribution in [0.4, 0.5) is 4.39 Å². The highest BCUT2D eigenvalue weighted by atomic mass is 19.1. The average Bonchev–Trinajstić information content (AvgIpc) is 3.14. The number of alkyl halides is 1. The van der Waals surface area contributed by atoms with Crippen molar-refractivity contribution in [1.82, 2.24) is 24.8 Å². The summed E-state index contributed by atoms with van der Waals surface area (Å²) in [5, 5.41) is 8.32. The van der Waals surface area contributed by atoms with Gasteiger partial charge in [-0.1, -0.05) is 5.21 Å². The first-order chi connectivity index (χ1) is 11.3. The first-order valence-electron chi connectivity index (χ1n) is 8.51. The van der Waals surface area contributed by atoms with Gasteiger partial charge in [0.05, 0.1) is 36.7 Å². The topological polar surface area (TPSA) is 63.5 Å². The number of amides is 1. The molecular weight excluding hydrogens is 313 g/mol. The number of likely N-dealkylation sites (tertiary alicyclic amines) is 1. The van der Waals surface area contributed by atoms with Gasteiger partial charge in [0.25, 0.3) is 0 Å². The zero-order valence-corrected chi connectivity index (χ0v) is 14.6. The maximum atomic E-state index is 14.0. The monoisotopic (exact) mass is 339 g/mol. The first kappa shape index (κ1) is 17.3. The van der Waals surface area contributed by atoms with E-state index >= 15 is 0 Å². The molecule has 0 bridgehead atoms. The van der Waals surface area contributed by atoms with Crippen LogP contribution in [0.25, 0.3) is 0 Å². The van der Waals surface area contributed by atoms with Crippen LogP contribution in [0.3, 0.4) is 0 Å². The number of hydrogen-bond donors (Lipinski definition) is 0. The lowest BCUT2D eigenvalue weighted by atomic mass is 10.1. The lowest BCUT2D eigenvalue weighted by molar-refractivity contribution is -0.140. The van der Waals surface area contributed by atoms with Crippen molar-refractivity contribution in [2.45, 2.75) is 51.5 Å². The predicted octanol–water partition coefficient (Wildman–Crippen LogP) is 0.804. The first-order valence-corrected chi connectivity index (χ1v) is 8.51. The van der Waals surface area contributed by atoms with Crippen LogP contribution in [-0.4, -0.2) is 75.8 Å². The van der Waals surface area contributed by atoms with Gasteiger partial charge in [-0.3, -0.25) is 9.69 Å². The van der Waals surface area contributed by atoms with Gasteiger partial charge < -0.3 is 9.64 Å². The maximum Gasteiger partial charge on any atom is 0.240 e. The third-order valence-corrected chi connectivity index (χ3v) is 4.55. The van der Waals surface area contributed by atoms with Gasteiger partial charge in [-0.25, -0.2) is 9.07 Å². The molecule has 2 aliphatic heterocycles. The summed E-state index contributed by atoms with van der Waals surface area (Å²) in [7, 11) is 0. The molecule has 7 nitrogen and oxygen atoms in total. The molecule has 3 rings (SSSR count). The largest absolute Gasteiger partial charge is 0.378 e. The van der Waals surface area contributed by atoms with Gasteiger partial charge >= 0.3 is 0 Å². The Morgan fingerprint density at radius 2 is 2.08 bits per heavy atom. The maximum absolute atomic E-state index is 14.0. The summed E-state index contributed by atoms with van der Waals surface area (Å²) in [6.07, 6.45) is 1.16. The van der Waals surface area contributed by atoms with Crippen LogP contribution >= 0.6 is 0 Å². The Balaban J connectivity index is 1.68. The van der Waals surface area contributed by atoms with Gasteiger partial charge in [0.2, 0.25) is 5.91 Å². The molecule has 1 aromatic rings. The lowest BCUT2D eigenvalue weighted by Gasteiger charge is -2.32. The highest BCUT2D eigenvalue weighted by Crippen LogP contribution is 2.24. The second-order valence-electron chi connectivity index (χ2n) is 7.54. The summed E-state index contributed by atoms with van der Waals surface area (Å²) in [5.41, 5.74) is 0.612. The fraction of sp³-hybridized carbons (Fsp3) is 0.812. The van der Waals surface area contributed by atoms with Crippen LogP contribution in [-0.2, 0) is 21.6 Å². The normalized spacial score (nSPS) is 26.1. The molecule has 0 saturated carbocycles. The molecule has 2 saturated heterocycles. The van der Waals surface area contributed by atoms with Crippen molar-refractivity contribution in [2.75, 3.05) is 32.8 Å². The Hall–Kier alpha value is -1.54. The Bertz CT molecular complexity index is 579. The second kappa shape index (κ2) is 6.76. The van der Waals surface area contributed by atoms with Crippen molar-refractivity contribution >= 4 is 5.91 Å². The molecule has 2 fully saturated rings. The molecule has 24 heavy (non-hydrogen) atoms. The number of carbonyl (C=O) groups is 1. The van der Waals surface area contributed by atoms with Crippen LogP contribution in [0, 0.1) is 0 Å². The number of hydrogen-bond acceptors (Lipinski definition) is 5. The molecule has 0 unspecified atom stereocenters. The fourth-order valence-electron chi connectivity index (χ4n) is 3.18. The van der Waals surface area contributed by atoms with E-state index in [0.717, 1.165) is 5.69 Å². The van der Waals surface area contributed by atoms with Crippen LogP contribution < -0.4 is 0 Å². The minimum atomic E-state index is -0.974. The average molecular weight is 339 g/mol. The zero-order valence-electron chi connectivity index (χ0n) is 14.6. The molecule has 1 aromatic heterocycles.